The quantitative estimate of drug-likeness (QED) is 0.908. The van der Waals surface area contributed by atoms with Gasteiger partial charge in [0, 0.05) is 11.3 Å². The lowest BCUT2D eigenvalue weighted by atomic mass is 10.0. The van der Waals surface area contributed by atoms with Gasteiger partial charge in [-0.15, -0.1) is 11.3 Å². The number of urea groups is 1. The maximum Gasteiger partial charge on any atom is 0.319 e. The standard InChI is InChI=1S/C15H19N5OS/c1-2-13-16-7-10(8-17-13)19-15(21)18-9-14-20-11-5-3-4-6-12(11)22-14/h7-8H,2-6,9H2,1H3,(H2,18,19,21). The molecule has 0 saturated heterocycles. The molecule has 1 aliphatic carbocycles. The van der Waals surface area contributed by atoms with E-state index in [9.17, 15) is 4.79 Å². The topological polar surface area (TPSA) is 79.8 Å². The van der Waals surface area contributed by atoms with E-state index in [4.69, 9.17) is 0 Å². The fourth-order valence-electron chi connectivity index (χ4n) is 2.41. The van der Waals surface area contributed by atoms with Gasteiger partial charge in [-0.25, -0.2) is 19.7 Å². The summed E-state index contributed by atoms with van der Waals surface area (Å²) in [6.45, 7) is 2.44. The van der Waals surface area contributed by atoms with Crippen LogP contribution in [0.25, 0.3) is 0 Å². The fraction of sp³-hybridized carbons (Fsp3) is 0.467. The van der Waals surface area contributed by atoms with Crippen molar-refractivity contribution in [2.45, 2.75) is 45.6 Å². The predicted octanol–water partition coefficient (Wildman–Crippen LogP) is 2.70. The Hall–Kier alpha value is -2.02. The summed E-state index contributed by atoms with van der Waals surface area (Å²) < 4.78 is 0. The number of aryl methyl sites for hydroxylation is 3. The molecular formula is C15H19N5OS. The van der Waals surface area contributed by atoms with Crippen LogP contribution in [0.3, 0.4) is 0 Å². The number of fused-ring (bicyclic) bond motifs is 1. The minimum absolute atomic E-state index is 0.263. The lowest BCUT2D eigenvalue weighted by Crippen LogP contribution is -2.28. The number of carbonyl (C=O) groups is 1. The molecule has 2 heterocycles. The molecule has 0 saturated carbocycles. The summed E-state index contributed by atoms with van der Waals surface area (Å²) in [5.74, 6) is 0.763. The average Bonchev–Trinajstić information content (AvgIpc) is 2.96. The summed E-state index contributed by atoms with van der Waals surface area (Å²) >= 11 is 1.71. The molecule has 7 heteroatoms. The van der Waals surface area contributed by atoms with E-state index < -0.39 is 0 Å². The number of nitrogens with zero attached hydrogens (tertiary/aromatic N) is 3. The average molecular weight is 317 g/mol. The van der Waals surface area contributed by atoms with Crippen LogP contribution in [0.5, 0.6) is 0 Å². The summed E-state index contributed by atoms with van der Waals surface area (Å²) in [5.41, 5.74) is 1.81. The number of thiazole rings is 1. The zero-order valence-electron chi connectivity index (χ0n) is 12.6. The van der Waals surface area contributed by atoms with E-state index in [1.54, 1.807) is 23.7 Å². The van der Waals surface area contributed by atoms with Gasteiger partial charge in [0.25, 0.3) is 0 Å². The van der Waals surface area contributed by atoms with E-state index in [-0.39, 0.29) is 6.03 Å². The highest BCUT2D eigenvalue weighted by atomic mass is 32.1. The normalized spacial score (nSPS) is 13.5. The highest BCUT2D eigenvalue weighted by Gasteiger charge is 2.15. The lowest BCUT2D eigenvalue weighted by Gasteiger charge is -2.06. The first kappa shape index (κ1) is 14.9. The van der Waals surface area contributed by atoms with Crippen molar-refractivity contribution in [3.63, 3.8) is 0 Å². The molecule has 2 N–H and O–H groups in total. The highest BCUT2D eigenvalue weighted by Crippen LogP contribution is 2.26. The fourth-order valence-corrected chi connectivity index (χ4v) is 3.51. The number of aromatic nitrogens is 3. The van der Waals surface area contributed by atoms with Gasteiger partial charge in [-0.05, 0) is 25.7 Å². The Kier molecular flexibility index (Phi) is 4.62. The molecule has 0 unspecified atom stereocenters. The lowest BCUT2D eigenvalue weighted by molar-refractivity contribution is 0.251. The third-order valence-corrected chi connectivity index (χ3v) is 4.73. The van der Waals surface area contributed by atoms with Crippen LogP contribution in [0, 0.1) is 0 Å². The van der Waals surface area contributed by atoms with Gasteiger partial charge in [0.15, 0.2) is 0 Å². The van der Waals surface area contributed by atoms with Gasteiger partial charge in [-0.2, -0.15) is 0 Å². The van der Waals surface area contributed by atoms with E-state index in [1.165, 1.54) is 23.4 Å². The zero-order chi connectivity index (χ0) is 15.4. The molecule has 2 aromatic rings. The highest BCUT2D eigenvalue weighted by molar-refractivity contribution is 7.11. The number of anilines is 1. The van der Waals surface area contributed by atoms with E-state index >= 15 is 0 Å². The molecule has 0 bridgehead atoms. The van der Waals surface area contributed by atoms with Crippen molar-refractivity contribution in [3.05, 3.63) is 33.8 Å². The van der Waals surface area contributed by atoms with Crippen molar-refractivity contribution in [2.24, 2.45) is 0 Å². The minimum Gasteiger partial charge on any atom is -0.331 e. The van der Waals surface area contributed by atoms with Crippen LogP contribution < -0.4 is 10.6 Å². The van der Waals surface area contributed by atoms with E-state index in [1.807, 2.05) is 6.92 Å². The number of hydrogen-bond acceptors (Lipinski definition) is 5. The molecule has 22 heavy (non-hydrogen) atoms. The van der Waals surface area contributed by atoms with Crippen molar-refractivity contribution in [1.82, 2.24) is 20.3 Å². The summed E-state index contributed by atoms with van der Waals surface area (Å²) in [5, 5.41) is 6.53. The van der Waals surface area contributed by atoms with Crippen molar-refractivity contribution < 1.29 is 4.79 Å². The molecule has 1 aliphatic rings. The molecule has 2 aromatic heterocycles. The smallest absolute Gasteiger partial charge is 0.319 e. The summed E-state index contributed by atoms with van der Waals surface area (Å²) in [4.78, 5) is 26.2. The third-order valence-electron chi connectivity index (χ3n) is 3.57. The monoisotopic (exact) mass is 317 g/mol. The van der Waals surface area contributed by atoms with E-state index in [0.29, 0.717) is 12.2 Å². The molecule has 0 atom stereocenters. The molecular weight excluding hydrogens is 298 g/mol. The second-order valence-electron chi connectivity index (χ2n) is 5.23. The van der Waals surface area contributed by atoms with E-state index in [2.05, 4.69) is 25.6 Å². The van der Waals surface area contributed by atoms with Gasteiger partial charge < -0.3 is 10.6 Å². The number of amides is 2. The first-order chi connectivity index (χ1) is 10.7. The molecule has 0 fully saturated rings. The minimum atomic E-state index is -0.263. The van der Waals surface area contributed by atoms with Crippen LogP contribution in [0.4, 0.5) is 10.5 Å². The second kappa shape index (κ2) is 6.83. The van der Waals surface area contributed by atoms with Gasteiger partial charge in [-0.3, -0.25) is 0 Å². The Morgan fingerprint density at radius 1 is 1.27 bits per heavy atom. The Balaban J connectivity index is 1.52. The molecule has 2 amide bonds. The van der Waals surface area contributed by atoms with Gasteiger partial charge in [-0.1, -0.05) is 6.92 Å². The number of hydrogen-bond donors (Lipinski definition) is 2. The Morgan fingerprint density at radius 3 is 2.77 bits per heavy atom. The van der Waals surface area contributed by atoms with E-state index in [0.717, 1.165) is 30.1 Å². The van der Waals surface area contributed by atoms with Gasteiger partial charge in [0.05, 0.1) is 30.3 Å². The second-order valence-corrected chi connectivity index (χ2v) is 6.40. The first-order valence-electron chi connectivity index (χ1n) is 7.58. The Morgan fingerprint density at radius 2 is 2.05 bits per heavy atom. The summed E-state index contributed by atoms with van der Waals surface area (Å²) in [7, 11) is 0. The first-order valence-corrected chi connectivity index (χ1v) is 8.39. The van der Waals surface area contributed by atoms with Gasteiger partial charge in [0.1, 0.15) is 10.8 Å². The molecule has 0 aliphatic heterocycles. The molecule has 0 spiro atoms. The number of carbonyl (C=O) groups excluding carboxylic acids is 1. The van der Waals surface area contributed by atoms with Crippen molar-refractivity contribution in [1.29, 1.82) is 0 Å². The van der Waals surface area contributed by atoms with Crippen LogP contribution >= 0.6 is 11.3 Å². The zero-order valence-corrected chi connectivity index (χ0v) is 13.4. The summed E-state index contributed by atoms with van der Waals surface area (Å²) in [6, 6.07) is -0.263. The molecule has 6 nitrogen and oxygen atoms in total. The maximum atomic E-state index is 11.9. The van der Waals surface area contributed by atoms with Crippen LogP contribution in [0.1, 0.15) is 41.2 Å². The Bertz CT molecular complexity index is 629. The third kappa shape index (κ3) is 3.59. The molecule has 0 aromatic carbocycles. The van der Waals surface area contributed by atoms with Crippen LogP contribution in [-0.2, 0) is 25.8 Å². The Labute approximate surface area is 133 Å². The molecule has 116 valence electrons. The van der Waals surface area contributed by atoms with Gasteiger partial charge in [0.2, 0.25) is 0 Å². The maximum absolute atomic E-state index is 11.9. The predicted molar refractivity (Wildman–Crippen MR) is 86.0 cm³/mol. The van der Waals surface area contributed by atoms with Crippen LogP contribution in [-0.4, -0.2) is 21.0 Å². The van der Waals surface area contributed by atoms with Crippen molar-refractivity contribution in [2.75, 3.05) is 5.32 Å². The number of nitrogens with one attached hydrogen (secondary N) is 2. The summed E-state index contributed by atoms with van der Waals surface area (Å²) in [6.07, 6.45) is 8.68. The van der Waals surface area contributed by atoms with Crippen molar-refractivity contribution >= 4 is 23.1 Å². The largest absolute Gasteiger partial charge is 0.331 e. The van der Waals surface area contributed by atoms with Crippen LogP contribution in [0.2, 0.25) is 0 Å². The SMILES string of the molecule is CCc1ncc(NC(=O)NCc2nc3c(s2)CCCC3)cn1. The van der Waals surface area contributed by atoms with Gasteiger partial charge >= 0.3 is 6.03 Å². The number of rotatable bonds is 4. The molecule has 3 rings (SSSR count). The van der Waals surface area contributed by atoms with Crippen LogP contribution in [0.15, 0.2) is 12.4 Å². The molecule has 0 radical (unpaired) electrons. The van der Waals surface area contributed by atoms with Crippen molar-refractivity contribution in [3.8, 4) is 0 Å².